The fourth-order valence-corrected chi connectivity index (χ4v) is 2.75. The molecule has 0 aliphatic heterocycles. The summed E-state index contributed by atoms with van der Waals surface area (Å²) < 4.78 is 13.5. The lowest BCUT2D eigenvalue weighted by Gasteiger charge is -2.15. The number of hydrogen-bond acceptors (Lipinski definition) is 2. The van der Waals surface area contributed by atoms with E-state index in [1.54, 1.807) is 12.1 Å². The molecule has 1 aromatic rings. The van der Waals surface area contributed by atoms with Crippen LogP contribution in [-0.4, -0.2) is 11.9 Å². The second-order valence-electron chi connectivity index (χ2n) is 5.04. The summed E-state index contributed by atoms with van der Waals surface area (Å²) in [6.45, 7) is 0.117. The zero-order valence-electron chi connectivity index (χ0n) is 11.1. The maximum Gasteiger partial charge on any atom is 0.220 e. The molecule has 20 heavy (non-hydrogen) atoms. The van der Waals surface area contributed by atoms with Gasteiger partial charge >= 0.3 is 0 Å². The Morgan fingerprint density at radius 1 is 1.45 bits per heavy atom. The van der Waals surface area contributed by atoms with Gasteiger partial charge in [0.15, 0.2) is 0 Å². The van der Waals surface area contributed by atoms with Gasteiger partial charge in [0.25, 0.3) is 0 Å². The standard InChI is InChI=1S/C14H18ClFN2O.ClH/c15-11-4-2-5-12(16)10(11)8-18-14(19)7-9-3-1-6-13(9)17;/h2,4-5,9,13H,1,3,6-8,17H2,(H,18,19);1H/t9-,13+;/m0./s1. The molecule has 3 nitrogen and oxygen atoms in total. The van der Waals surface area contributed by atoms with Crippen molar-refractivity contribution in [3.8, 4) is 0 Å². The van der Waals surface area contributed by atoms with Gasteiger partial charge < -0.3 is 11.1 Å². The van der Waals surface area contributed by atoms with Crippen molar-refractivity contribution in [3.05, 3.63) is 34.6 Å². The summed E-state index contributed by atoms with van der Waals surface area (Å²) in [5.41, 5.74) is 6.25. The lowest BCUT2D eigenvalue weighted by atomic mass is 10.00. The largest absolute Gasteiger partial charge is 0.352 e. The second-order valence-corrected chi connectivity index (χ2v) is 5.44. The van der Waals surface area contributed by atoms with Gasteiger partial charge in [-0.15, -0.1) is 12.4 Å². The number of benzene rings is 1. The van der Waals surface area contributed by atoms with Crippen LogP contribution < -0.4 is 11.1 Å². The molecule has 3 N–H and O–H groups in total. The van der Waals surface area contributed by atoms with Gasteiger partial charge in [-0.1, -0.05) is 24.1 Å². The highest BCUT2D eigenvalue weighted by Crippen LogP contribution is 2.26. The highest BCUT2D eigenvalue weighted by molar-refractivity contribution is 6.31. The Morgan fingerprint density at radius 3 is 2.80 bits per heavy atom. The molecule has 1 aliphatic rings. The third-order valence-corrected chi connectivity index (χ3v) is 4.04. The molecular weight excluding hydrogens is 302 g/mol. The van der Waals surface area contributed by atoms with Crippen LogP contribution in [0.4, 0.5) is 4.39 Å². The van der Waals surface area contributed by atoms with Crippen molar-refractivity contribution < 1.29 is 9.18 Å². The van der Waals surface area contributed by atoms with Crippen LogP contribution in [0.25, 0.3) is 0 Å². The number of rotatable bonds is 4. The molecule has 1 fully saturated rings. The van der Waals surface area contributed by atoms with Crippen LogP contribution in [0.5, 0.6) is 0 Å². The molecule has 1 aliphatic carbocycles. The molecular formula is C14H19Cl2FN2O. The Labute approximate surface area is 129 Å². The highest BCUT2D eigenvalue weighted by Gasteiger charge is 2.25. The number of carbonyl (C=O) groups excluding carboxylic acids is 1. The van der Waals surface area contributed by atoms with E-state index >= 15 is 0 Å². The van der Waals surface area contributed by atoms with E-state index in [1.807, 2.05) is 0 Å². The fraction of sp³-hybridized carbons (Fsp3) is 0.500. The minimum atomic E-state index is -0.398. The first-order chi connectivity index (χ1) is 9.08. The van der Waals surface area contributed by atoms with E-state index in [0.29, 0.717) is 17.0 Å². The zero-order chi connectivity index (χ0) is 13.8. The van der Waals surface area contributed by atoms with E-state index < -0.39 is 5.82 Å². The first-order valence-corrected chi connectivity index (χ1v) is 6.91. The lowest BCUT2D eigenvalue weighted by Crippen LogP contribution is -2.31. The van der Waals surface area contributed by atoms with Crippen LogP contribution in [0.15, 0.2) is 18.2 Å². The molecule has 2 rings (SSSR count). The zero-order valence-corrected chi connectivity index (χ0v) is 12.6. The van der Waals surface area contributed by atoms with E-state index in [0.717, 1.165) is 19.3 Å². The number of halogens is 3. The van der Waals surface area contributed by atoms with Gasteiger partial charge in [0.1, 0.15) is 5.82 Å². The quantitative estimate of drug-likeness (QED) is 0.895. The first-order valence-electron chi connectivity index (χ1n) is 6.53. The Hall–Kier alpha value is -0.840. The summed E-state index contributed by atoms with van der Waals surface area (Å²) >= 11 is 5.90. The monoisotopic (exact) mass is 320 g/mol. The molecule has 2 atom stereocenters. The summed E-state index contributed by atoms with van der Waals surface area (Å²) in [6.07, 6.45) is 3.47. The van der Waals surface area contributed by atoms with Crippen molar-refractivity contribution in [1.29, 1.82) is 0 Å². The minimum absolute atomic E-state index is 0. The molecule has 0 bridgehead atoms. The Bertz CT molecular complexity index is 450. The fourth-order valence-electron chi connectivity index (χ4n) is 2.52. The third-order valence-electron chi connectivity index (χ3n) is 3.69. The first kappa shape index (κ1) is 17.2. The molecule has 0 radical (unpaired) electrons. The smallest absolute Gasteiger partial charge is 0.220 e. The van der Waals surface area contributed by atoms with Gasteiger partial charge in [-0.05, 0) is 30.9 Å². The van der Waals surface area contributed by atoms with Crippen molar-refractivity contribution in [3.63, 3.8) is 0 Å². The molecule has 0 heterocycles. The van der Waals surface area contributed by atoms with Gasteiger partial charge in [-0.2, -0.15) is 0 Å². The van der Waals surface area contributed by atoms with Crippen LogP contribution in [0, 0.1) is 11.7 Å². The summed E-state index contributed by atoms with van der Waals surface area (Å²) in [5.74, 6) is -0.247. The van der Waals surface area contributed by atoms with Crippen molar-refractivity contribution in [2.45, 2.75) is 38.3 Å². The number of amides is 1. The van der Waals surface area contributed by atoms with E-state index in [1.165, 1.54) is 6.07 Å². The molecule has 0 unspecified atom stereocenters. The summed E-state index contributed by atoms with van der Waals surface area (Å²) in [5, 5.41) is 3.04. The van der Waals surface area contributed by atoms with E-state index in [2.05, 4.69) is 5.32 Å². The summed E-state index contributed by atoms with van der Waals surface area (Å²) in [7, 11) is 0. The highest BCUT2D eigenvalue weighted by atomic mass is 35.5. The predicted octanol–water partition coefficient (Wildman–Crippen LogP) is 3.03. The van der Waals surface area contributed by atoms with Crippen LogP contribution in [0.1, 0.15) is 31.2 Å². The van der Waals surface area contributed by atoms with Gasteiger partial charge in [0, 0.05) is 29.6 Å². The van der Waals surface area contributed by atoms with Crippen molar-refractivity contribution in [2.24, 2.45) is 11.7 Å². The van der Waals surface area contributed by atoms with Gasteiger partial charge in [0.2, 0.25) is 5.91 Å². The molecule has 1 amide bonds. The number of carbonyl (C=O) groups is 1. The van der Waals surface area contributed by atoms with Crippen LogP contribution in [-0.2, 0) is 11.3 Å². The molecule has 1 saturated carbocycles. The molecule has 1 aromatic carbocycles. The average molecular weight is 321 g/mol. The van der Waals surface area contributed by atoms with Gasteiger partial charge in [-0.3, -0.25) is 4.79 Å². The number of nitrogens with one attached hydrogen (secondary N) is 1. The average Bonchev–Trinajstić information content (AvgIpc) is 2.74. The Balaban J connectivity index is 0.00000200. The molecule has 6 heteroatoms. The maximum atomic E-state index is 13.5. The maximum absolute atomic E-state index is 13.5. The van der Waals surface area contributed by atoms with E-state index in [-0.39, 0.29) is 36.8 Å². The van der Waals surface area contributed by atoms with Crippen molar-refractivity contribution >= 4 is 29.9 Å². The van der Waals surface area contributed by atoms with E-state index in [4.69, 9.17) is 17.3 Å². The van der Waals surface area contributed by atoms with Crippen molar-refractivity contribution in [2.75, 3.05) is 0 Å². The van der Waals surface area contributed by atoms with Crippen molar-refractivity contribution in [1.82, 2.24) is 5.32 Å². The summed E-state index contributed by atoms with van der Waals surface area (Å²) in [6, 6.07) is 4.60. The topological polar surface area (TPSA) is 55.1 Å². The Kier molecular flexibility index (Phi) is 6.72. The van der Waals surface area contributed by atoms with Crippen LogP contribution >= 0.6 is 24.0 Å². The van der Waals surface area contributed by atoms with Gasteiger partial charge in [-0.25, -0.2) is 4.39 Å². The normalized spacial score (nSPS) is 21.4. The van der Waals surface area contributed by atoms with E-state index in [9.17, 15) is 9.18 Å². The second kappa shape index (κ2) is 7.81. The van der Waals surface area contributed by atoms with Crippen LogP contribution in [0.3, 0.4) is 0 Å². The SMILES string of the molecule is Cl.N[C@@H]1CCC[C@H]1CC(=O)NCc1c(F)cccc1Cl. The molecule has 0 aromatic heterocycles. The summed E-state index contributed by atoms with van der Waals surface area (Å²) in [4.78, 5) is 11.8. The van der Waals surface area contributed by atoms with Crippen LogP contribution in [0.2, 0.25) is 5.02 Å². The lowest BCUT2D eigenvalue weighted by molar-refractivity contribution is -0.122. The number of nitrogens with two attached hydrogens (primary N) is 1. The predicted molar refractivity (Wildman–Crippen MR) is 80.4 cm³/mol. The molecule has 0 spiro atoms. The molecule has 112 valence electrons. The number of hydrogen-bond donors (Lipinski definition) is 2. The minimum Gasteiger partial charge on any atom is -0.352 e. The molecule has 0 saturated heterocycles. The third kappa shape index (κ3) is 4.33. The van der Waals surface area contributed by atoms with Gasteiger partial charge in [0.05, 0.1) is 0 Å². The Morgan fingerprint density at radius 2 is 2.20 bits per heavy atom.